The van der Waals surface area contributed by atoms with Crippen LogP contribution in [-0.4, -0.2) is 109 Å². The predicted molar refractivity (Wildman–Crippen MR) is 169 cm³/mol. The lowest BCUT2D eigenvalue weighted by atomic mass is 9.33. The van der Waals surface area contributed by atoms with Gasteiger partial charge in [0.1, 0.15) is 24.4 Å². The van der Waals surface area contributed by atoms with Gasteiger partial charge in [-0.3, -0.25) is 4.79 Å². The molecule has 1 saturated heterocycles. The largest absolute Gasteiger partial charge is 0.432 e. The molecule has 8 N–H and O–H groups in total. The van der Waals surface area contributed by atoms with E-state index in [1.165, 1.54) is 0 Å². The van der Waals surface area contributed by atoms with Crippen molar-refractivity contribution >= 4 is 5.97 Å². The third-order valence-electron chi connectivity index (χ3n) is 15.6. The van der Waals surface area contributed by atoms with Crippen molar-refractivity contribution in [3.8, 4) is 0 Å². The number of carbonyl (C=O) groups is 1. The minimum Gasteiger partial charge on any atom is -0.432 e. The highest BCUT2D eigenvalue weighted by Gasteiger charge is 2.72. The Morgan fingerprint density at radius 2 is 1.60 bits per heavy atom. The van der Waals surface area contributed by atoms with E-state index in [2.05, 4.69) is 26.8 Å². The van der Waals surface area contributed by atoms with Gasteiger partial charge < -0.3 is 50.3 Å². The molecule has 5 fully saturated rings. The van der Waals surface area contributed by atoms with E-state index in [1.807, 2.05) is 20.8 Å². The molecule has 0 unspecified atom stereocenters. The molecule has 4 saturated carbocycles. The quantitative estimate of drug-likeness (QED) is 0.160. The highest BCUT2D eigenvalue weighted by molar-refractivity contribution is 5.79. The number of aliphatic hydroxyl groups is 8. The summed E-state index contributed by atoms with van der Waals surface area (Å²) < 4.78 is 11.4. The molecule has 11 heteroatoms. The summed E-state index contributed by atoms with van der Waals surface area (Å²) in [4.78, 5) is 14.5. The van der Waals surface area contributed by atoms with Crippen molar-refractivity contribution in [2.45, 2.75) is 141 Å². The zero-order chi connectivity index (χ0) is 34.7. The van der Waals surface area contributed by atoms with Gasteiger partial charge in [0.25, 0.3) is 0 Å². The van der Waals surface area contributed by atoms with Crippen LogP contribution in [0.4, 0.5) is 0 Å². The van der Waals surface area contributed by atoms with Crippen LogP contribution in [0.15, 0.2) is 11.6 Å². The average Bonchev–Trinajstić information content (AvgIpc) is 3.02. The van der Waals surface area contributed by atoms with Crippen molar-refractivity contribution in [2.24, 2.45) is 50.7 Å². The van der Waals surface area contributed by atoms with Crippen LogP contribution in [-0.2, 0) is 14.3 Å². The monoisotopic (exact) mass is 666 g/mol. The van der Waals surface area contributed by atoms with Crippen molar-refractivity contribution in [2.75, 3.05) is 13.2 Å². The molecule has 268 valence electrons. The van der Waals surface area contributed by atoms with Gasteiger partial charge in [0.15, 0.2) is 0 Å². The zero-order valence-corrected chi connectivity index (χ0v) is 28.8. The summed E-state index contributed by atoms with van der Waals surface area (Å²) in [7, 11) is 0. The predicted octanol–water partition coefficient (Wildman–Crippen LogP) is 1.41. The molecular formula is C36H58O11. The first-order valence-electron chi connectivity index (χ1n) is 17.7. The first-order valence-corrected chi connectivity index (χ1v) is 17.7. The summed E-state index contributed by atoms with van der Waals surface area (Å²) in [5.41, 5.74) is -3.27. The van der Waals surface area contributed by atoms with Gasteiger partial charge in [0.05, 0.1) is 36.4 Å². The first-order chi connectivity index (χ1) is 21.8. The topological polar surface area (TPSA) is 197 Å². The lowest BCUT2D eigenvalue weighted by Gasteiger charge is -2.72. The average molecular weight is 667 g/mol. The lowest BCUT2D eigenvalue weighted by molar-refractivity contribution is -0.299. The molecule has 47 heavy (non-hydrogen) atoms. The smallest absolute Gasteiger partial charge is 0.315 e. The molecule has 1 heterocycles. The molecule has 0 amide bonds. The van der Waals surface area contributed by atoms with Crippen molar-refractivity contribution < 1.29 is 55.1 Å². The van der Waals surface area contributed by atoms with E-state index in [1.54, 1.807) is 0 Å². The second-order valence-corrected chi connectivity index (χ2v) is 17.5. The Morgan fingerprint density at radius 3 is 2.23 bits per heavy atom. The second-order valence-electron chi connectivity index (χ2n) is 17.5. The van der Waals surface area contributed by atoms with E-state index in [0.29, 0.717) is 38.5 Å². The summed E-state index contributed by atoms with van der Waals surface area (Å²) in [6.45, 7) is 11.6. The Balaban J connectivity index is 1.40. The lowest BCUT2D eigenvalue weighted by Crippen LogP contribution is -2.69. The molecule has 0 aromatic heterocycles. The highest BCUT2D eigenvalue weighted by Crippen LogP contribution is 2.76. The van der Waals surface area contributed by atoms with E-state index in [9.17, 15) is 45.6 Å². The van der Waals surface area contributed by atoms with Crippen molar-refractivity contribution in [1.82, 2.24) is 0 Å². The minimum absolute atomic E-state index is 0.00373. The Kier molecular flexibility index (Phi) is 8.68. The molecule has 6 rings (SSSR count). The van der Waals surface area contributed by atoms with E-state index < -0.39 is 83.3 Å². The number of fused-ring (bicyclic) bond motifs is 7. The molecule has 11 nitrogen and oxygen atoms in total. The summed E-state index contributed by atoms with van der Waals surface area (Å²) >= 11 is 0. The van der Waals surface area contributed by atoms with Gasteiger partial charge in [-0.1, -0.05) is 46.3 Å². The molecule has 0 aromatic carbocycles. The van der Waals surface area contributed by atoms with Crippen molar-refractivity contribution in [1.29, 1.82) is 0 Å². The standard InChI is InChI=1S/C36H58O11/c1-18-9-12-36(30(44)47-29-26(42)25(41)24(40)21(16-37)46-29)14-13-33(4)19(27(36)35(18,6)45)7-8-23-31(2)15-20(39)28(43)32(3,17-38)22(31)10-11-34(23,33)5/h7,18,20-29,37-43,45H,8-17H2,1-6H3/t18-,20-,21-,22-,23-,24-,25+,26-,27-,28-,29+,31+,32+,33-,34-,35-,36+/m1/s1. The fourth-order valence-corrected chi connectivity index (χ4v) is 12.4. The Hall–Kier alpha value is -1.15. The maximum absolute atomic E-state index is 14.5. The summed E-state index contributed by atoms with van der Waals surface area (Å²) in [5.74, 6) is -1.23. The van der Waals surface area contributed by atoms with Crippen molar-refractivity contribution in [3.05, 3.63) is 11.6 Å². The van der Waals surface area contributed by atoms with Gasteiger partial charge >= 0.3 is 5.97 Å². The van der Waals surface area contributed by atoms with Crippen LogP contribution >= 0.6 is 0 Å². The number of rotatable bonds is 4. The molecule has 1 aliphatic heterocycles. The van der Waals surface area contributed by atoms with Crippen LogP contribution in [0, 0.1) is 50.7 Å². The van der Waals surface area contributed by atoms with Crippen LogP contribution in [0.1, 0.15) is 92.9 Å². The van der Waals surface area contributed by atoms with Gasteiger partial charge in [-0.2, -0.15) is 0 Å². The van der Waals surface area contributed by atoms with Crippen LogP contribution in [0.5, 0.6) is 0 Å². The highest BCUT2D eigenvalue weighted by atomic mass is 16.7. The fraction of sp³-hybridized carbons (Fsp3) is 0.917. The summed E-state index contributed by atoms with van der Waals surface area (Å²) in [6, 6.07) is 0. The molecular weight excluding hydrogens is 608 g/mol. The SMILES string of the molecule is C[C@@H]1CC[C@]2(C(=O)O[C@@H]3O[C@H](CO)[C@@H](O)[C@H](O)[C@H]3O)CC[C@]3(C)C(=CC[C@@H]4[C@@]5(C)C[C@@H](O)[C@@H](O)[C@@](C)(CO)[C@@H]5CC[C@]43C)[C@@H]2[C@]1(C)O. The Labute approximate surface area is 278 Å². The normalized spacial score (nSPS) is 57.5. The first kappa shape index (κ1) is 35.7. The van der Waals surface area contributed by atoms with Gasteiger partial charge in [-0.25, -0.2) is 0 Å². The van der Waals surface area contributed by atoms with Gasteiger partial charge in [0.2, 0.25) is 6.29 Å². The third kappa shape index (κ3) is 4.60. The summed E-state index contributed by atoms with van der Waals surface area (Å²) in [6.07, 6.45) is -2.75. The summed E-state index contributed by atoms with van der Waals surface area (Å²) in [5, 5.41) is 86.2. The molecule has 6 aliphatic rings. The number of allylic oxidation sites excluding steroid dienone is 1. The number of esters is 1. The van der Waals surface area contributed by atoms with Gasteiger partial charge in [-0.05, 0) is 92.3 Å². The molecule has 0 spiro atoms. The maximum atomic E-state index is 14.5. The molecule has 0 bridgehead atoms. The number of hydrogen-bond acceptors (Lipinski definition) is 11. The number of aliphatic hydroxyl groups excluding tert-OH is 7. The second kappa shape index (κ2) is 11.4. The molecule has 0 aromatic rings. The van der Waals surface area contributed by atoms with Crippen LogP contribution in [0.2, 0.25) is 0 Å². The van der Waals surface area contributed by atoms with Crippen LogP contribution < -0.4 is 0 Å². The van der Waals surface area contributed by atoms with Crippen LogP contribution in [0.3, 0.4) is 0 Å². The number of ether oxygens (including phenoxy) is 2. The maximum Gasteiger partial charge on any atom is 0.315 e. The Bertz CT molecular complexity index is 1270. The molecule has 17 atom stereocenters. The Morgan fingerprint density at radius 1 is 0.915 bits per heavy atom. The van der Waals surface area contributed by atoms with Gasteiger partial charge in [-0.15, -0.1) is 0 Å². The number of carbonyl (C=O) groups excluding carboxylic acids is 1. The van der Waals surface area contributed by atoms with E-state index >= 15 is 0 Å². The van der Waals surface area contributed by atoms with E-state index in [4.69, 9.17) is 9.47 Å². The van der Waals surface area contributed by atoms with Crippen molar-refractivity contribution in [3.63, 3.8) is 0 Å². The molecule has 5 aliphatic carbocycles. The fourth-order valence-electron chi connectivity index (χ4n) is 12.4. The van der Waals surface area contributed by atoms with E-state index in [0.717, 1.165) is 18.4 Å². The van der Waals surface area contributed by atoms with Gasteiger partial charge in [0, 0.05) is 11.3 Å². The minimum atomic E-state index is -1.72. The van der Waals surface area contributed by atoms with E-state index in [-0.39, 0.29) is 35.2 Å². The third-order valence-corrected chi connectivity index (χ3v) is 15.6. The van der Waals surface area contributed by atoms with Crippen LogP contribution in [0.25, 0.3) is 0 Å². The molecule has 0 radical (unpaired) electrons. The zero-order valence-electron chi connectivity index (χ0n) is 28.8. The number of hydrogen-bond donors (Lipinski definition) is 8.